The number of carbonyl (C=O) groups is 1. The van der Waals surface area contributed by atoms with Gasteiger partial charge in [0, 0.05) is 23.2 Å². The summed E-state index contributed by atoms with van der Waals surface area (Å²) in [4.78, 5) is 16.8. The molecule has 8 nitrogen and oxygen atoms in total. The van der Waals surface area contributed by atoms with Crippen LogP contribution in [-0.2, 0) is 16.1 Å². The van der Waals surface area contributed by atoms with Gasteiger partial charge in [-0.2, -0.15) is 0 Å². The van der Waals surface area contributed by atoms with Crippen molar-refractivity contribution in [2.45, 2.75) is 13.5 Å². The lowest BCUT2D eigenvalue weighted by molar-refractivity contribution is -0.808. The molecule has 0 atom stereocenters. The second kappa shape index (κ2) is 7.36. The van der Waals surface area contributed by atoms with E-state index >= 15 is 0 Å². The quantitative estimate of drug-likeness (QED) is 0.385. The zero-order valence-electron chi connectivity index (χ0n) is 14.9. The first-order chi connectivity index (χ1) is 13.6. The van der Waals surface area contributed by atoms with Gasteiger partial charge in [0.2, 0.25) is 17.3 Å². The summed E-state index contributed by atoms with van der Waals surface area (Å²) in [6.07, 6.45) is 1.58. The lowest BCUT2D eigenvalue weighted by atomic mass is 10.1. The number of esters is 1. The van der Waals surface area contributed by atoms with Gasteiger partial charge in [-0.1, -0.05) is 36.4 Å². The third kappa shape index (κ3) is 3.48. The maximum atomic E-state index is 12.2. The Kier molecular flexibility index (Phi) is 4.59. The third-order valence-corrected chi connectivity index (χ3v) is 4.11. The van der Waals surface area contributed by atoms with Gasteiger partial charge in [-0.15, -0.1) is 0 Å². The van der Waals surface area contributed by atoms with E-state index in [0.717, 1.165) is 0 Å². The van der Waals surface area contributed by atoms with E-state index in [4.69, 9.17) is 9.47 Å². The van der Waals surface area contributed by atoms with Crippen LogP contribution in [0.15, 0.2) is 69.9 Å². The minimum absolute atomic E-state index is 0.0258. The van der Waals surface area contributed by atoms with Crippen LogP contribution in [0.3, 0.4) is 0 Å². The number of nitrogens with zero attached hydrogens (tertiary/aromatic N) is 3. The van der Waals surface area contributed by atoms with Crippen LogP contribution in [0.2, 0.25) is 0 Å². The lowest BCUT2D eigenvalue weighted by Gasteiger charge is -2.07. The van der Waals surface area contributed by atoms with E-state index in [1.807, 2.05) is 30.3 Å². The normalized spacial score (nSPS) is 14.8. The van der Waals surface area contributed by atoms with Gasteiger partial charge >= 0.3 is 5.97 Å². The Hall–Kier alpha value is -3.94. The van der Waals surface area contributed by atoms with Gasteiger partial charge in [-0.3, -0.25) is 4.63 Å². The van der Waals surface area contributed by atoms with Crippen molar-refractivity contribution in [3.63, 3.8) is 0 Å². The molecular formula is C20H15N3O5. The molecule has 1 aliphatic rings. The number of cyclic esters (lactones) is 1. The number of aromatic nitrogens is 2. The molecule has 0 amide bonds. The molecule has 2 aromatic carbocycles. The highest BCUT2D eigenvalue weighted by Crippen LogP contribution is 2.25. The largest absolute Gasteiger partial charge is 0.484 e. The van der Waals surface area contributed by atoms with Gasteiger partial charge in [-0.05, 0) is 29.2 Å². The number of ether oxygens (including phenoxy) is 2. The molecule has 0 unspecified atom stereocenters. The predicted molar refractivity (Wildman–Crippen MR) is 98.0 cm³/mol. The molecule has 2 heterocycles. The van der Waals surface area contributed by atoms with Crippen LogP contribution in [0, 0.1) is 12.1 Å². The van der Waals surface area contributed by atoms with E-state index in [9.17, 15) is 10.0 Å². The van der Waals surface area contributed by atoms with Crippen LogP contribution in [0.4, 0.5) is 0 Å². The fourth-order valence-electron chi connectivity index (χ4n) is 2.63. The summed E-state index contributed by atoms with van der Waals surface area (Å²) in [6, 6.07) is 16.3. The first kappa shape index (κ1) is 17.5. The standard InChI is InChI=1S/C20H15N3O5/c1-13-17(23(25)28-22-13)12-26-18-10-6-5-9-15(18)11-16-20(24)27-19(21-16)14-7-3-2-4-8-14/h2-11H,12H2,1H3. The van der Waals surface area contributed by atoms with Crippen LogP contribution < -0.4 is 9.64 Å². The number of carbonyl (C=O) groups excluding carboxylic acids is 1. The van der Waals surface area contributed by atoms with Gasteiger partial charge in [0.25, 0.3) is 0 Å². The van der Waals surface area contributed by atoms with Crippen LogP contribution >= 0.6 is 0 Å². The van der Waals surface area contributed by atoms with E-state index < -0.39 is 5.97 Å². The second-order valence-corrected chi connectivity index (χ2v) is 5.99. The molecule has 140 valence electrons. The second-order valence-electron chi connectivity index (χ2n) is 5.99. The average Bonchev–Trinajstić information content (AvgIpc) is 3.24. The van der Waals surface area contributed by atoms with E-state index in [2.05, 4.69) is 14.8 Å². The Morgan fingerprint density at radius 1 is 1.14 bits per heavy atom. The fourth-order valence-corrected chi connectivity index (χ4v) is 2.63. The zero-order valence-corrected chi connectivity index (χ0v) is 14.9. The first-order valence-corrected chi connectivity index (χ1v) is 8.47. The number of hydrogen-bond acceptors (Lipinski definition) is 7. The molecule has 1 aliphatic heterocycles. The Morgan fingerprint density at radius 2 is 1.89 bits per heavy atom. The van der Waals surface area contributed by atoms with Crippen LogP contribution in [0.5, 0.6) is 5.75 Å². The molecule has 0 saturated carbocycles. The van der Waals surface area contributed by atoms with Crippen molar-refractivity contribution in [2.75, 3.05) is 0 Å². The van der Waals surface area contributed by atoms with E-state index in [1.54, 1.807) is 37.3 Å². The number of para-hydroxylation sites is 1. The van der Waals surface area contributed by atoms with Crippen molar-refractivity contribution in [1.29, 1.82) is 0 Å². The molecule has 3 aromatic rings. The van der Waals surface area contributed by atoms with Crippen molar-refractivity contribution >= 4 is 17.9 Å². The van der Waals surface area contributed by atoms with Gasteiger partial charge in [0.05, 0.1) is 0 Å². The summed E-state index contributed by atoms with van der Waals surface area (Å²) in [5.41, 5.74) is 2.22. The fraction of sp³-hybridized carbons (Fsp3) is 0.100. The van der Waals surface area contributed by atoms with E-state index in [1.165, 1.54) is 0 Å². The number of benzene rings is 2. The molecule has 0 radical (unpaired) electrons. The highest BCUT2D eigenvalue weighted by Gasteiger charge is 2.24. The van der Waals surface area contributed by atoms with Gasteiger partial charge in [-0.25, -0.2) is 9.79 Å². The number of aliphatic imine (C=N–C) groups is 1. The maximum Gasteiger partial charge on any atom is 0.363 e. The Labute approximate surface area is 159 Å². The Balaban J connectivity index is 1.60. The highest BCUT2D eigenvalue weighted by molar-refractivity contribution is 6.12. The van der Waals surface area contributed by atoms with Crippen molar-refractivity contribution in [1.82, 2.24) is 5.16 Å². The summed E-state index contributed by atoms with van der Waals surface area (Å²) in [5.74, 6) is 0.190. The highest BCUT2D eigenvalue weighted by atomic mass is 16.8. The lowest BCUT2D eigenvalue weighted by Crippen LogP contribution is -2.29. The predicted octanol–water partition coefficient (Wildman–Crippen LogP) is 2.54. The zero-order chi connectivity index (χ0) is 19.5. The molecule has 0 aliphatic carbocycles. The Bertz CT molecular complexity index is 1070. The summed E-state index contributed by atoms with van der Waals surface area (Å²) < 4.78 is 15.5. The van der Waals surface area contributed by atoms with Gasteiger partial charge < -0.3 is 14.7 Å². The SMILES string of the molecule is Cc1no[n+]([O-])c1COc1ccccc1C=C1N=C(c2ccccc2)OC1=O. The summed E-state index contributed by atoms with van der Waals surface area (Å²) in [6.45, 7) is 1.63. The molecule has 4 rings (SSSR count). The topological polar surface area (TPSA) is 101 Å². The molecule has 0 bridgehead atoms. The number of rotatable bonds is 5. The van der Waals surface area contributed by atoms with Crippen LogP contribution in [0.25, 0.3) is 6.08 Å². The number of aryl methyl sites for hydroxylation is 1. The molecule has 1 aromatic heterocycles. The average molecular weight is 377 g/mol. The van der Waals surface area contributed by atoms with Crippen LogP contribution in [0.1, 0.15) is 22.5 Å². The van der Waals surface area contributed by atoms with Crippen molar-refractivity contribution in [3.05, 3.63) is 88.0 Å². The third-order valence-electron chi connectivity index (χ3n) is 4.11. The van der Waals surface area contributed by atoms with Crippen LogP contribution in [-0.4, -0.2) is 17.0 Å². The molecule has 28 heavy (non-hydrogen) atoms. The molecule has 0 N–H and O–H groups in total. The van der Waals surface area contributed by atoms with E-state index in [-0.39, 0.29) is 23.9 Å². The molecular weight excluding hydrogens is 362 g/mol. The van der Waals surface area contributed by atoms with Crippen molar-refractivity contribution < 1.29 is 23.8 Å². The Morgan fingerprint density at radius 3 is 2.64 bits per heavy atom. The monoisotopic (exact) mass is 377 g/mol. The summed E-state index contributed by atoms with van der Waals surface area (Å²) in [5, 5.41) is 15.1. The molecule has 0 fully saturated rings. The molecule has 8 heteroatoms. The van der Waals surface area contributed by atoms with Gasteiger partial charge in [0.1, 0.15) is 5.75 Å². The minimum Gasteiger partial charge on any atom is -0.484 e. The molecule has 0 spiro atoms. The maximum absolute atomic E-state index is 12.2. The van der Waals surface area contributed by atoms with Crippen molar-refractivity contribution in [2.24, 2.45) is 4.99 Å². The number of hydrogen-bond donors (Lipinski definition) is 0. The summed E-state index contributed by atoms with van der Waals surface area (Å²) >= 11 is 0. The first-order valence-electron chi connectivity index (χ1n) is 8.47. The smallest absolute Gasteiger partial charge is 0.363 e. The summed E-state index contributed by atoms with van der Waals surface area (Å²) in [7, 11) is 0. The van der Waals surface area contributed by atoms with Gasteiger partial charge in [0.15, 0.2) is 12.3 Å². The molecule has 0 saturated heterocycles. The van der Waals surface area contributed by atoms with E-state index in [0.29, 0.717) is 27.5 Å². The van der Waals surface area contributed by atoms with Crippen molar-refractivity contribution in [3.8, 4) is 5.75 Å². The minimum atomic E-state index is -0.541.